The Morgan fingerprint density at radius 3 is 2.39 bits per heavy atom. The second-order valence-electron chi connectivity index (χ2n) is 3.35. The van der Waals surface area contributed by atoms with E-state index >= 15 is 0 Å². The van der Waals surface area contributed by atoms with E-state index in [4.69, 9.17) is 4.74 Å². The molecule has 0 fully saturated rings. The minimum Gasteiger partial charge on any atom is -0.497 e. The van der Waals surface area contributed by atoms with Crippen LogP contribution in [0.1, 0.15) is 5.56 Å². The summed E-state index contributed by atoms with van der Waals surface area (Å²) in [6, 6.07) is 7.26. The molecule has 1 aromatic rings. The molecule has 0 aliphatic heterocycles. The molecule has 2 nitrogen and oxygen atoms in total. The maximum absolute atomic E-state index is 11.7. The van der Waals surface area contributed by atoms with Crippen LogP contribution >= 0.6 is 0 Å². The highest BCUT2D eigenvalue weighted by Crippen LogP contribution is 2.15. The van der Waals surface area contributed by atoms with Gasteiger partial charge >= 0.3 is 6.18 Å². The van der Waals surface area contributed by atoms with Gasteiger partial charge in [-0.3, -0.25) is 0 Å². The van der Waals surface area contributed by atoms with E-state index in [1.165, 1.54) is 0 Å². The van der Waals surface area contributed by atoms with Crippen LogP contribution in [0.2, 0.25) is 0 Å². The van der Waals surface area contributed by atoms with E-state index in [0.29, 0.717) is 6.26 Å². The lowest BCUT2D eigenvalue weighted by molar-refractivity contribution is -0.0815. The van der Waals surface area contributed by atoms with E-state index in [0.717, 1.165) is 11.3 Å². The van der Waals surface area contributed by atoms with Crippen molar-refractivity contribution in [2.24, 2.45) is 0 Å². The molecule has 98 valence electrons. The number of halogens is 3. The molecule has 0 saturated heterocycles. The van der Waals surface area contributed by atoms with Crippen molar-refractivity contribution in [3.8, 4) is 5.75 Å². The highest BCUT2D eigenvalue weighted by atomic mass is 19.4. The van der Waals surface area contributed by atoms with Crippen LogP contribution in [0.3, 0.4) is 0 Å². The van der Waals surface area contributed by atoms with E-state index in [1.54, 1.807) is 31.4 Å². The third kappa shape index (κ3) is 5.98. The Kier molecular flexibility index (Phi) is 5.30. The topological polar surface area (TPSA) is 18.5 Å². The Bertz CT molecular complexity index is 405. The molecule has 0 aliphatic rings. The van der Waals surface area contributed by atoms with Crippen molar-refractivity contribution in [3.63, 3.8) is 0 Å². The van der Waals surface area contributed by atoms with Gasteiger partial charge in [-0.05, 0) is 23.8 Å². The summed E-state index contributed by atoms with van der Waals surface area (Å²) < 4.78 is 44.8. The van der Waals surface area contributed by atoms with Gasteiger partial charge in [-0.25, -0.2) is 0 Å². The number of hydrogen-bond donors (Lipinski definition) is 0. The van der Waals surface area contributed by atoms with Crippen molar-refractivity contribution >= 4 is 6.08 Å². The summed E-state index contributed by atoms with van der Waals surface area (Å²) in [6.07, 6.45) is -0.268. The van der Waals surface area contributed by atoms with Gasteiger partial charge in [0.1, 0.15) is 12.4 Å². The molecule has 1 rings (SSSR count). The Morgan fingerprint density at radius 1 is 1.17 bits per heavy atom. The number of rotatable bonds is 5. The van der Waals surface area contributed by atoms with Crippen LogP contribution in [-0.4, -0.2) is 19.9 Å². The molecule has 0 atom stereocenters. The molecular formula is C13H13F3O2. The van der Waals surface area contributed by atoms with Crippen molar-refractivity contribution in [2.45, 2.75) is 6.18 Å². The quantitative estimate of drug-likeness (QED) is 0.590. The van der Waals surface area contributed by atoms with Gasteiger partial charge in [-0.1, -0.05) is 18.2 Å². The first-order valence-corrected chi connectivity index (χ1v) is 5.18. The zero-order valence-corrected chi connectivity index (χ0v) is 9.78. The molecule has 0 aliphatic carbocycles. The Morgan fingerprint density at radius 2 is 1.83 bits per heavy atom. The minimum atomic E-state index is -4.33. The Labute approximate surface area is 103 Å². The van der Waals surface area contributed by atoms with Crippen LogP contribution in [-0.2, 0) is 4.74 Å². The SMILES string of the molecule is COc1ccc(/C=C/CO/C=C/C(F)(F)F)cc1. The average Bonchev–Trinajstić information content (AvgIpc) is 2.33. The standard InChI is InChI=1S/C13H13F3O2/c1-17-12-6-4-11(5-7-12)3-2-9-18-10-8-13(14,15)16/h2-8,10H,9H2,1H3/b3-2+,10-8+. The number of methoxy groups -OCH3 is 1. The van der Waals surface area contributed by atoms with Crippen molar-refractivity contribution in [3.05, 3.63) is 48.2 Å². The van der Waals surface area contributed by atoms with Crippen molar-refractivity contribution in [1.82, 2.24) is 0 Å². The molecule has 0 amide bonds. The predicted molar refractivity (Wildman–Crippen MR) is 63.2 cm³/mol. The van der Waals surface area contributed by atoms with Gasteiger partial charge in [0.15, 0.2) is 0 Å². The fourth-order valence-corrected chi connectivity index (χ4v) is 1.14. The predicted octanol–water partition coefficient (Wildman–Crippen LogP) is 3.80. The molecule has 0 saturated carbocycles. The summed E-state index contributed by atoms with van der Waals surface area (Å²) >= 11 is 0. The third-order valence-corrected chi connectivity index (χ3v) is 1.97. The third-order valence-electron chi connectivity index (χ3n) is 1.97. The fourth-order valence-electron chi connectivity index (χ4n) is 1.14. The Balaban J connectivity index is 2.34. The van der Waals surface area contributed by atoms with E-state index in [9.17, 15) is 13.2 Å². The van der Waals surface area contributed by atoms with Crippen molar-refractivity contribution in [2.75, 3.05) is 13.7 Å². The molecule has 0 spiro atoms. The largest absolute Gasteiger partial charge is 0.497 e. The molecule has 0 heterocycles. The van der Waals surface area contributed by atoms with Gasteiger partial charge in [0.25, 0.3) is 0 Å². The first-order chi connectivity index (χ1) is 8.51. The lowest BCUT2D eigenvalue weighted by Crippen LogP contribution is -2.00. The summed E-state index contributed by atoms with van der Waals surface area (Å²) in [5, 5.41) is 0. The van der Waals surface area contributed by atoms with E-state index in [-0.39, 0.29) is 12.7 Å². The molecule has 0 radical (unpaired) electrons. The maximum atomic E-state index is 11.7. The lowest BCUT2D eigenvalue weighted by Gasteiger charge is -2.00. The second-order valence-corrected chi connectivity index (χ2v) is 3.35. The molecular weight excluding hydrogens is 245 g/mol. The fraction of sp³-hybridized carbons (Fsp3) is 0.231. The summed E-state index contributed by atoms with van der Waals surface area (Å²) in [6.45, 7) is 0.0820. The van der Waals surface area contributed by atoms with E-state index in [2.05, 4.69) is 4.74 Å². The maximum Gasteiger partial charge on any atom is 0.412 e. The number of allylic oxidation sites excluding steroid dienone is 1. The molecule has 0 N–H and O–H groups in total. The van der Waals surface area contributed by atoms with Gasteiger partial charge in [-0.15, -0.1) is 0 Å². The zero-order chi connectivity index (χ0) is 13.4. The minimum absolute atomic E-state index is 0.0498. The normalized spacial score (nSPS) is 12.2. The van der Waals surface area contributed by atoms with Crippen LogP contribution < -0.4 is 4.74 Å². The molecule has 5 heteroatoms. The summed E-state index contributed by atoms with van der Waals surface area (Å²) in [5.41, 5.74) is 0.916. The molecule has 18 heavy (non-hydrogen) atoms. The second kappa shape index (κ2) is 6.74. The summed E-state index contributed by atoms with van der Waals surface area (Å²) in [4.78, 5) is 0. The number of alkyl halides is 3. The lowest BCUT2D eigenvalue weighted by atomic mass is 10.2. The first kappa shape index (κ1) is 14.2. The van der Waals surface area contributed by atoms with Crippen LogP contribution in [0.5, 0.6) is 5.75 Å². The van der Waals surface area contributed by atoms with Crippen molar-refractivity contribution in [1.29, 1.82) is 0 Å². The highest BCUT2D eigenvalue weighted by molar-refractivity contribution is 5.50. The first-order valence-electron chi connectivity index (χ1n) is 5.18. The highest BCUT2D eigenvalue weighted by Gasteiger charge is 2.22. The molecule has 0 aromatic heterocycles. The average molecular weight is 258 g/mol. The van der Waals surface area contributed by atoms with Gasteiger partial charge < -0.3 is 9.47 Å². The Hall–Kier alpha value is -1.91. The zero-order valence-electron chi connectivity index (χ0n) is 9.78. The van der Waals surface area contributed by atoms with E-state index < -0.39 is 6.18 Å². The molecule has 1 aromatic carbocycles. The summed E-state index contributed by atoms with van der Waals surface area (Å²) in [5.74, 6) is 0.747. The number of ether oxygens (including phenoxy) is 2. The smallest absolute Gasteiger partial charge is 0.412 e. The van der Waals surface area contributed by atoms with Crippen LogP contribution in [0.15, 0.2) is 42.7 Å². The van der Waals surface area contributed by atoms with Gasteiger partial charge in [-0.2, -0.15) is 13.2 Å². The van der Waals surface area contributed by atoms with Gasteiger partial charge in [0, 0.05) is 0 Å². The summed E-state index contributed by atoms with van der Waals surface area (Å²) in [7, 11) is 1.58. The molecule has 0 bridgehead atoms. The number of hydrogen-bond acceptors (Lipinski definition) is 2. The van der Waals surface area contributed by atoms with E-state index in [1.807, 2.05) is 12.1 Å². The van der Waals surface area contributed by atoms with Crippen LogP contribution in [0, 0.1) is 0 Å². The van der Waals surface area contributed by atoms with Crippen molar-refractivity contribution < 1.29 is 22.6 Å². The molecule has 0 unspecified atom stereocenters. The van der Waals surface area contributed by atoms with Crippen LogP contribution in [0.25, 0.3) is 6.08 Å². The van der Waals surface area contributed by atoms with Gasteiger partial charge in [0.05, 0.1) is 19.4 Å². The number of benzene rings is 1. The van der Waals surface area contributed by atoms with Crippen LogP contribution in [0.4, 0.5) is 13.2 Å². The monoisotopic (exact) mass is 258 g/mol. The van der Waals surface area contributed by atoms with Gasteiger partial charge in [0.2, 0.25) is 0 Å².